The van der Waals surface area contributed by atoms with Gasteiger partial charge in [-0.25, -0.2) is 4.98 Å². The summed E-state index contributed by atoms with van der Waals surface area (Å²) in [4.78, 5) is 4.55. The highest BCUT2D eigenvalue weighted by molar-refractivity contribution is 7.09. The van der Waals surface area contributed by atoms with E-state index in [9.17, 15) is 0 Å². The molecule has 0 aliphatic heterocycles. The first kappa shape index (κ1) is 12.6. The molecule has 3 rings (SSSR count). The predicted molar refractivity (Wildman–Crippen MR) is 77.9 cm³/mol. The van der Waals surface area contributed by atoms with Crippen LogP contribution in [0.4, 0.5) is 0 Å². The van der Waals surface area contributed by atoms with Crippen LogP contribution in [0.5, 0.6) is 5.75 Å². The molecule has 3 nitrogen and oxygen atoms in total. The fraction of sp³-hybridized carbons (Fsp3) is 0.400. The molecule has 100 valence electrons. The summed E-state index contributed by atoms with van der Waals surface area (Å²) >= 11 is 1.72. The topological polar surface area (TPSA) is 34.2 Å². The molecule has 0 saturated heterocycles. The number of rotatable bonds is 3. The van der Waals surface area contributed by atoms with Gasteiger partial charge in [0.1, 0.15) is 10.8 Å². The van der Waals surface area contributed by atoms with Crippen LogP contribution >= 0.6 is 11.3 Å². The minimum atomic E-state index is -0.156. The summed E-state index contributed by atoms with van der Waals surface area (Å²) in [5, 5.41) is 6.71. The van der Waals surface area contributed by atoms with E-state index in [0.29, 0.717) is 0 Å². The molecule has 1 atom stereocenters. The number of benzene rings is 1. The monoisotopic (exact) mass is 274 g/mol. The minimum absolute atomic E-state index is 0.156. The minimum Gasteiger partial charge on any atom is -0.497 e. The summed E-state index contributed by atoms with van der Waals surface area (Å²) in [5.41, 5.74) is 2.56. The Kier molecular flexibility index (Phi) is 3.29. The first-order valence-corrected chi connectivity index (χ1v) is 7.44. The lowest BCUT2D eigenvalue weighted by Crippen LogP contribution is -2.43. The Balaban J connectivity index is 2.19. The van der Waals surface area contributed by atoms with Gasteiger partial charge in [0.15, 0.2) is 0 Å². The number of ether oxygens (including phenoxy) is 1. The van der Waals surface area contributed by atoms with Crippen molar-refractivity contribution >= 4 is 11.3 Å². The van der Waals surface area contributed by atoms with E-state index in [0.717, 1.165) is 23.6 Å². The molecule has 2 aromatic rings. The van der Waals surface area contributed by atoms with Crippen molar-refractivity contribution in [2.75, 3.05) is 14.2 Å². The quantitative estimate of drug-likeness (QED) is 0.934. The van der Waals surface area contributed by atoms with Crippen molar-refractivity contribution in [1.82, 2.24) is 10.3 Å². The van der Waals surface area contributed by atoms with E-state index in [1.807, 2.05) is 24.7 Å². The van der Waals surface area contributed by atoms with Gasteiger partial charge in [-0.2, -0.15) is 0 Å². The summed E-state index contributed by atoms with van der Waals surface area (Å²) in [7, 11) is 3.74. The molecule has 1 unspecified atom stereocenters. The number of fused-ring (bicyclic) bond motifs is 1. The van der Waals surface area contributed by atoms with Crippen molar-refractivity contribution in [3.63, 3.8) is 0 Å². The molecule has 1 aromatic carbocycles. The fourth-order valence-corrected chi connectivity index (χ4v) is 3.89. The number of hydrogen-bond acceptors (Lipinski definition) is 4. The van der Waals surface area contributed by atoms with Crippen LogP contribution < -0.4 is 10.1 Å². The van der Waals surface area contributed by atoms with Gasteiger partial charge in [-0.1, -0.05) is 6.07 Å². The summed E-state index contributed by atoms with van der Waals surface area (Å²) in [5.74, 6) is 0.914. The lowest BCUT2D eigenvalue weighted by Gasteiger charge is -2.37. The molecular formula is C15H18N2OS. The lowest BCUT2D eigenvalue weighted by atomic mass is 9.76. The summed E-state index contributed by atoms with van der Waals surface area (Å²) in [6, 6.07) is 6.39. The van der Waals surface area contributed by atoms with Crippen molar-refractivity contribution in [3.8, 4) is 5.75 Å². The number of thiazole rings is 1. The van der Waals surface area contributed by atoms with Crippen LogP contribution in [0.15, 0.2) is 29.8 Å². The Labute approximate surface area is 117 Å². The number of aromatic nitrogens is 1. The molecular weight excluding hydrogens is 256 g/mol. The van der Waals surface area contributed by atoms with Gasteiger partial charge >= 0.3 is 0 Å². The van der Waals surface area contributed by atoms with Crippen molar-refractivity contribution in [3.05, 3.63) is 45.9 Å². The molecule has 0 fully saturated rings. The molecule has 0 bridgehead atoms. The molecule has 1 aromatic heterocycles. The van der Waals surface area contributed by atoms with E-state index in [4.69, 9.17) is 4.74 Å². The Morgan fingerprint density at radius 2 is 2.32 bits per heavy atom. The third-order valence-corrected chi connectivity index (χ3v) is 4.93. The van der Waals surface area contributed by atoms with Gasteiger partial charge in [-0.3, -0.25) is 0 Å². The fourth-order valence-electron chi connectivity index (χ4n) is 3.00. The highest BCUT2D eigenvalue weighted by atomic mass is 32.1. The first-order valence-electron chi connectivity index (χ1n) is 6.56. The maximum atomic E-state index is 5.39. The van der Waals surface area contributed by atoms with E-state index in [1.165, 1.54) is 17.5 Å². The van der Waals surface area contributed by atoms with E-state index < -0.39 is 0 Å². The lowest BCUT2D eigenvalue weighted by molar-refractivity contribution is 0.363. The summed E-state index contributed by atoms with van der Waals surface area (Å²) < 4.78 is 5.39. The normalized spacial score (nSPS) is 22.0. The van der Waals surface area contributed by atoms with Crippen LogP contribution in [0.3, 0.4) is 0 Å². The molecule has 0 radical (unpaired) electrons. The van der Waals surface area contributed by atoms with Gasteiger partial charge < -0.3 is 10.1 Å². The summed E-state index contributed by atoms with van der Waals surface area (Å²) in [6.45, 7) is 0. The Morgan fingerprint density at radius 1 is 1.42 bits per heavy atom. The van der Waals surface area contributed by atoms with Crippen LogP contribution in [0.2, 0.25) is 0 Å². The van der Waals surface area contributed by atoms with Crippen LogP contribution in [0.25, 0.3) is 0 Å². The smallest absolute Gasteiger partial charge is 0.119 e. The Hall–Kier alpha value is -1.39. The molecule has 1 aliphatic rings. The molecule has 0 spiro atoms. The van der Waals surface area contributed by atoms with E-state index in [-0.39, 0.29) is 5.54 Å². The van der Waals surface area contributed by atoms with Crippen LogP contribution in [-0.2, 0) is 12.0 Å². The number of nitrogens with zero attached hydrogens (tertiary/aromatic N) is 1. The van der Waals surface area contributed by atoms with Gasteiger partial charge in [-0.15, -0.1) is 11.3 Å². The van der Waals surface area contributed by atoms with E-state index >= 15 is 0 Å². The molecule has 1 aliphatic carbocycles. The third kappa shape index (κ3) is 1.95. The average Bonchev–Trinajstić information content (AvgIpc) is 3.00. The Bertz CT molecular complexity index is 568. The summed E-state index contributed by atoms with van der Waals surface area (Å²) in [6.07, 6.45) is 5.28. The van der Waals surface area contributed by atoms with Gasteiger partial charge in [0.2, 0.25) is 0 Å². The van der Waals surface area contributed by atoms with Crippen LogP contribution in [-0.4, -0.2) is 19.1 Å². The second-order valence-electron chi connectivity index (χ2n) is 4.87. The number of methoxy groups -OCH3 is 1. The zero-order chi connectivity index (χ0) is 13.3. The van der Waals surface area contributed by atoms with Gasteiger partial charge in [0.25, 0.3) is 0 Å². The van der Waals surface area contributed by atoms with Gasteiger partial charge in [0, 0.05) is 11.6 Å². The SMILES string of the molecule is CNC1(c2nccs2)CCCc2ccc(OC)cc21. The molecule has 0 saturated carbocycles. The number of hydrogen-bond donors (Lipinski definition) is 1. The molecule has 1 N–H and O–H groups in total. The molecule has 0 amide bonds. The maximum Gasteiger partial charge on any atom is 0.119 e. The highest BCUT2D eigenvalue weighted by Gasteiger charge is 2.39. The third-order valence-electron chi connectivity index (χ3n) is 4.00. The van der Waals surface area contributed by atoms with Crippen LogP contribution in [0, 0.1) is 0 Å². The average molecular weight is 274 g/mol. The molecule has 19 heavy (non-hydrogen) atoms. The van der Waals surface area contributed by atoms with E-state index in [2.05, 4.69) is 22.4 Å². The van der Waals surface area contributed by atoms with Gasteiger partial charge in [-0.05, 0) is 49.6 Å². The zero-order valence-corrected chi connectivity index (χ0v) is 12.1. The van der Waals surface area contributed by atoms with Crippen LogP contribution in [0.1, 0.15) is 29.0 Å². The van der Waals surface area contributed by atoms with E-state index in [1.54, 1.807) is 18.4 Å². The largest absolute Gasteiger partial charge is 0.497 e. The van der Waals surface area contributed by atoms with Gasteiger partial charge in [0.05, 0.1) is 12.6 Å². The second-order valence-corrected chi connectivity index (χ2v) is 5.76. The first-order chi connectivity index (χ1) is 9.30. The van der Waals surface area contributed by atoms with Crippen molar-refractivity contribution in [2.24, 2.45) is 0 Å². The number of aryl methyl sites for hydroxylation is 1. The molecule has 1 heterocycles. The standard InChI is InChI=1S/C15H18N2OS/c1-16-15(14-17-8-9-19-14)7-3-4-11-5-6-12(18-2)10-13(11)15/h5-6,8-10,16H,3-4,7H2,1-2H3. The molecule has 4 heteroatoms. The highest BCUT2D eigenvalue weighted by Crippen LogP contribution is 2.42. The second kappa shape index (κ2) is 4.94. The Morgan fingerprint density at radius 3 is 3.00 bits per heavy atom. The van der Waals surface area contributed by atoms with Crippen molar-refractivity contribution in [1.29, 1.82) is 0 Å². The number of nitrogens with one attached hydrogen (secondary N) is 1. The zero-order valence-electron chi connectivity index (χ0n) is 11.3. The van der Waals surface area contributed by atoms with Crippen molar-refractivity contribution in [2.45, 2.75) is 24.8 Å². The predicted octanol–water partition coefficient (Wildman–Crippen LogP) is 2.95. The van der Waals surface area contributed by atoms with Crippen molar-refractivity contribution < 1.29 is 4.74 Å². The maximum absolute atomic E-state index is 5.39.